The molecule has 0 bridgehead atoms. The number of hydrogen-bond acceptors (Lipinski definition) is 5. The van der Waals surface area contributed by atoms with E-state index < -0.39 is 5.97 Å². The highest BCUT2D eigenvalue weighted by Gasteiger charge is 2.35. The topological polar surface area (TPSA) is 92.4 Å². The van der Waals surface area contributed by atoms with Crippen molar-refractivity contribution < 1.29 is 19.1 Å². The number of aromatic nitrogens is 1. The minimum atomic E-state index is -0.782. The van der Waals surface area contributed by atoms with Gasteiger partial charge in [-0.15, -0.1) is 11.8 Å². The number of aliphatic carboxylic acids is 1. The van der Waals surface area contributed by atoms with Crippen LogP contribution < -0.4 is 5.32 Å². The van der Waals surface area contributed by atoms with Crippen molar-refractivity contribution in [3.05, 3.63) is 42.3 Å². The van der Waals surface area contributed by atoms with Crippen molar-refractivity contribution >= 4 is 23.6 Å². The number of carbonyl (C=O) groups is 2. The standard InChI is InChI=1S/C17H18N2O4S/c20-15(18-13-6-12(7-13)17(21)22)10-24-9-14-8-23-16(19-14)11-4-2-1-3-5-11/h1-5,8,12-13H,6-7,9-10H2,(H,18,20)(H,21,22). The second kappa shape index (κ2) is 7.53. The molecular weight excluding hydrogens is 328 g/mol. The van der Waals surface area contributed by atoms with Crippen LogP contribution in [0.2, 0.25) is 0 Å². The summed E-state index contributed by atoms with van der Waals surface area (Å²) in [5, 5.41) is 11.7. The van der Waals surface area contributed by atoms with Gasteiger partial charge in [0.25, 0.3) is 0 Å². The molecule has 0 unspecified atom stereocenters. The minimum absolute atomic E-state index is 0.00377. The maximum absolute atomic E-state index is 11.8. The monoisotopic (exact) mass is 346 g/mol. The first-order chi connectivity index (χ1) is 11.6. The lowest BCUT2D eigenvalue weighted by Crippen LogP contribution is -2.47. The zero-order valence-corrected chi connectivity index (χ0v) is 13.8. The molecule has 1 saturated carbocycles. The van der Waals surface area contributed by atoms with Gasteiger partial charge in [0, 0.05) is 17.4 Å². The number of oxazole rings is 1. The van der Waals surface area contributed by atoms with Crippen molar-refractivity contribution in [2.75, 3.05) is 5.75 Å². The molecule has 1 aromatic carbocycles. The van der Waals surface area contributed by atoms with Gasteiger partial charge in [0.2, 0.25) is 11.8 Å². The van der Waals surface area contributed by atoms with Crippen molar-refractivity contribution in [1.29, 1.82) is 0 Å². The van der Waals surface area contributed by atoms with Gasteiger partial charge < -0.3 is 14.8 Å². The van der Waals surface area contributed by atoms with Crippen LogP contribution in [0.1, 0.15) is 18.5 Å². The van der Waals surface area contributed by atoms with Crippen molar-refractivity contribution in [2.24, 2.45) is 5.92 Å². The average molecular weight is 346 g/mol. The zero-order chi connectivity index (χ0) is 16.9. The fourth-order valence-electron chi connectivity index (χ4n) is 2.54. The first kappa shape index (κ1) is 16.6. The van der Waals surface area contributed by atoms with Gasteiger partial charge in [-0.2, -0.15) is 0 Å². The lowest BCUT2D eigenvalue weighted by Gasteiger charge is -2.32. The van der Waals surface area contributed by atoms with Crippen molar-refractivity contribution in [3.8, 4) is 11.5 Å². The predicted octanol–water partition coefficient (Wildman–Crippen LogP) is 2.55. The molecule has 3 rings (SSSR count). The summed E-state index contributed by atoms with van der Waals surface area (Å²) in [6, 6.07) is 9.64. The van der Waals surface area contributed by atoms with Crippen molar-refractivity contribution in [3.63, 3.8) is 0 Å². The second-order valence-corrected chi connectivity index (χ2v) is 6.76. The molecule has 0 aliphatic heterocycles. The molecule has 0 radical (unpaired) electrons. The molecule has 0 saturated heterocycles. The van der Waals surface area contributed by atoms with Crippen LogP contribution in [-0.2, 0) is 15.3 Å². The van der Waals surface area contributed by atoms with E-state index in [9.17, 15) is 9.59 Å². The SMILES string of the molecule is O=C(CSCc1coc(-c2ccccc2)n1)NC1CC(C(=O)O)C1. The van der Waals surface area contributed by atoms with Gasteiger partial charge in [-0.1, -0.05) is 18.2 Å². The van der Waals surface area contributed by atoms with Gasteiger partial charge in [0.1, 0.15) is 6.26 Å². The van der Waals surface area contributed by atoms with Crippen LogP contribution >= 0.6 is 11.8 Å². The molecule has 126 valence electrons. The van der Waals surface area contributed by atoms with Gasteiger partial charge in [-0.3, -0.25) is 9.59 Å². The average Bonchev–Trinajstić information content (AvgIpc) is 3.00. The summed E-state index contributed by atoms with van der Waals surface area (Å²) < 4.78 is 5.45. The molecule has 1 aliphatic rings. The van der Waals surface area contributed by atoms with E-state index in [-0.39, 0.29) is 17.9 Å². The molecule has 1 amide bonds. The van der Waals surface area contributed by atoms with Gasteiger partial charge >= 0.3 is 5.97 Å². The quantitative estimate of drug-likeness (QED) is 0.800. The molecule has 1 fully saturated rings. The molecule has 7 heteroatoms. The predicted molar refractivity (Wildman–Crippen MR) is 90.4 cm³/mol. The Balaban J connectivity index is 1.39. The minimum Gasteiger partial charge on any atom is -0.481 e. The van der Waals surface area contributed by atoms with Crippen LogP contribution in [0.15, 0.2) is 41.0 Å². The third-order valence-corrected chi connectivity index (χ3v) is 4.87. The molecule has 24 heavy (non-hydrogen) atoms. The van der Waals surface area contributed by atoms with E-state index >= 15 is 0 Å². The van der Waals surface area contributed by atoms with E-state index in [2.05, 4.69) is 10.3 Å². The Morgan fingerprint density at radius 3 is 2.75 bits per heavy atom. The first-order valence-electron chi connectivity index (χ1n) is 7.71. The number of carboxylic acids is 1. The fraction of sp³-hybridized carbons (Fsp3) is 0.353. The lowest BCUT2D eigenvalue weighted by molar-refractivity contribution is -0.146. The molecule has 1 aliphatic carbocycles. The highest BCUT2D eigenvalue weighted by atomic mass is 32.2. The molecule has 6 nitrogen and oxygen atoms in total. The van der Waals surface area contributed by atoms with Crippen molar-refractivity contribution in [1.82, 2.24) is 10.3 Å². The first-order valence-corrected chi connectivity index (χ1v) is 8.87. The highest BCUT2D eigenvalue weighted by molar-refractivity contribution is 7.99. The Morgan fingerprint density at radius 2 is 2.04 bits per heavy atom. The Kier molecular flexibility index (Phi) is 5.20. The van der Waals surface area contributed by atoms with Crippen LogP contribution in [0.5, 0.6) is 0 Å². The molecule has 0 spiro atoms. The van der Waals surface area contributed by atoms with E-state index in [0.717, 1.165) is 11.3 Å². The largest absolute Gasteiger partial charge is 0.481 e. The van der Waals surface area contributed by atoms with Crippen LogP contribution in [-0.4, -0.2) is 33.8 Å². The molecule has 1 heterocycles. The van der Waals surface area contributed by atoms with E-state index in [1.165, 1.54) is 11.8 Å². The Bertz CT molecular complexity index is 710. The van der Waals surface area contributed by atoms with Crippen LogP contribution in [0, 0.1) is 5.92 Å². The Labute approximate surface area is 143 Å². The lowest BCUT2D eigenvalue weighted by atomic mass is 9.80. The molecule has 0 atom stereocenters. The normalized spacial score (nSPS) is 19.5. The van der Waals surface area contributed by atoms with Gasteiger partial charge in [-0.05, 0) is 25.0 Å². The smallest absolute Gasteiger partial charge is 0.306 e. The van der Waals surface area contributed by atoms with E-state index in [1.54, 1.807) is 6.26 Å². The second-order valence-electron chi connectivity index (χ2n) is 5.77. The van der Waals surface area contributed by atoms with Crippen molar-refractivity contribution in [2.45, 2.75) is 24.6 Å². The number of carbonyl (C=O) groups excluding carboxylic acids is 1. The third-order valence-electron chi connectivity index (χ3n) is 3.91. The van der Waals surface area contributed by atoms with Crippen LogP contribution in [0.25, 0.3) is 11.5 Å². The summed E-state index contributed by atoms with van der Waals surface area (Å²) in [6.45, 7) is 0. The van der Waals surface area contributed by atoms with Gasteiger partial charge in [0.05, 0.1) is 17.4 Å². The molecular formula is C17H18N2O4S. The summed E-state index contributed by atoms with van der Waals surface area (Å²) >= 11 is 1.46. The summed E-state index contributed by atoms with van der Waals surface area (Å²) in [5.41, 5.74) is 1.71. The van der Waals surface area contributed by atoms with Crippen LogP contribution in [0.3, 0.4) is 0 Å². The molecule has 1 aromatic heterocycles. The maximum atomic E-state index is 11.8. The summed E-state index contributed by atoms with van der Waals surface area (Å²) in [5.74, 6) is 0.323. The molecule has 2 aromatic rings. The van der Waals surface area contributed by atoms with Gasteiger partial charge in [-0.25, -0.2) is 4.98 Å². The van der Waals surface area contributed by atoms with Crippen LogP contribution in [0.4, 0.5) is 0 Å². The molecule has 2 N–H and O–H groups in total. The number of thioether (sulfide) groups is 1. The maximum Gasteiger partial charge on any atom is 0.306 e. The highest BCUT2D eigenvalue weighted by Crippen LogP contribution is 2.27. The zero-order valence-electron chi connectivity index (χ0n) is 13.0. The van der Waals surface area contributed by atoms with Gasteiger partial charge in [0.15, 0.2) is 0 Å². The number of amides is 1. The number of rotatable bonds is 7. The number of nitrogens with one attached hydrogen (secondary N) is 1. The van der Waals surface area contributed by atoms with E-state index in [0.29, 0.717) is 30.2 Å². The summed E-state index contributed by atoms with van der Waals surface area (Å²) in [6.07, 6.45) is 2.65. The van der Waals surface area contributed by atoms with E-state index in [4.69, 9.17) is 9.52 Å². The fourth-order valence-corrected chi connectivity index (χ4v) is 3.25. The number of nitrogens with zero attached hydrogens (tertiary/aromatic N) is 1. The Hall–Kier alpha value is -2.28. The number of benzene rings is 1. The number of hydrogen-bond donors (Lipinski definition) is 2. The summed E-state index contributed by atoms with van der Waals surface area (Å²) in [7, 11) is 0. The third kappa shape index (κ3) is 4.17. The Morgan fingerprint density at radius 1 is 1.29 bits per heavy atom. The number of carboxylic acid groups (broad SMARTS) is 1. The van der Waals surface area contributed by atoms with E-state index in [1.807, 2.05) is 30.3 Å². The summed E-state index contributed by atoms with van der Waals surface area (Å²) in [4.78, 5) is 26.9.